The van der Waals surface area contributed by atoms with Gasteiger partial charge in [-0.05, 0) is 27.2 Å². The van der Waals surface area contributed by atoms with Gasteiger partial charge in [0.2, 0.25) is 5.91 Å². The fourth-order valence-corrected chi connectivity index (χ4v) is 1.78. The van der Waals surface area contributed by atoms with E-state index in [2.05, 4.69) is 20.4 Å². The van der Waals surface area contributed by atoms with Crippen molar-refractivity contribution in [3.8, 4) is 0 Å². The lowest BCUT2D eigenvalue weighted by molar-refractivity contribution is -0.122. The minimum absolute atomic E-state index is 0.0455. The lowest BCUT2D eigenvalue weighted by Crippen LogP contribution is -2.47. The molecule has 1 aromatic rings. The topological polar surface area (TPSA) is 120 Å². The Kier molecular flexibility index (Phi) is 6.75. The number of rotatable bonds is 6. The van der Waals surface area contributed by atoms with Gasteiger partial charge < -0.3 is 24.5 Å². The number of amides is 2. The molecule has 1 heterocycles. The molecule has 0 saturated heterocycles. The number of hydrogen-bond donors (Lipinski definition) is 2. The molecule has 0 aliphatic carbocycles. The average Bonchev–Trinajstić information content (AvgIpc) is 2.96. The summed E-state index contributed by atoms with van der Waals surface area (Å²) in [5.74, 6) is -0.726. The van der Waals surface area contributed by atoms with Crippen LogP contribution in [-0.2, 0) is 20.7 Å². The third-order valence-electron chi connectivity index (χ3n) is 2.85. The summed E-state index contributed by atoms with van der Waals surface area (Å²) < 4.78 is 14.8. The van der Waals surface area contributed by atoms with Crippen molar-refractivity contribution in [3.05, 3.63) is 17.8 Å². The monoisotopic (exact) mass is 341 g/mol. The molecule has 0 bridgehead atoms. The molecule has 1 aromatic heterocycles. The zero-order chi connectivity index (χ0) is 18.3. The van der Waals surface area contributed by atoms with Crippen LogP contribution in [0.15, 0.2) is 10.7 Å². The lowest BCUT2D eigenvalue weighted by atomic mass is 10.1. The number of alkyl carbamates (subject to hydrolysis) is 1. The molecule has 0 aliphatic heterocycles. The molecule has 9 heteroatoms. The van der Waals surface area contributed by atoms with Crippen molar-refractivity contribution in [1.82, 2.24) is 15.6 Å². The van der Waals surface area contributed by atoms with Gasteiger partial charge in [-0.25, -0.2) is 14.6 Å². The van der Waals surface area contributed by atoms with E-state index in [4.69, 9.17) is 9.15 Å². The first kappa shape index (κ1) is 19.5. The van der Waals surface area contributed by atoms with Gasteiger partial charge in [-0.2, -0.15) is 0 Å². The Morgan fingerprint density at radius 2 is 2.00 bits per heavy atom. The second-order valence-corrected chi connectivity index (χ2v) is 5.97. The molecular weight excluding hydrogens is 318 g/mol. The van der Waals surface area contributed by atoms with Crippen molar-refractivity contribution in [1.29, 1.82) is 0 Å². The SMILES string of the molecule is CNC(=O)[C@@H](CCc1nc(C(=O)OC)co1)NC(=O)OC(C)(C)C. The van der Waals surface area contributed by atoms with Crippen molar-refractivity contribution in [2.24, 2.45) is 0 Å². The van der Waals surface area contributed by atoms with E-state index >= 15 is 0 Å². The predicted molar refractivity (Wildman–Crippen MR) is 83.4 cm³/mol. The molecule has 0 spiro atoms. The van der Waals surface area contributed by atoms with Crippen molar-refractivity contribution < 1.29 is 28.3 Å². The number of aryl methyl sites for hydroxylation is 1. The van der Waals surface area contributed by atoms with Crippen LogP contribution in [0.1, 0.15) is 43.6 Å². The second kappa shape index (κ2) is 8.32. The number of methoxy groups -OCH3 is 1. The summed E-state index contributed by atoms with van der Waals surface area (Å²) in [5.41, 5.74) is -0.626. The number of carbonyl (C=O) groups excluding carboxylic acids is 3. The third kappa shape index (κ3) is 6.27. The summed E-state index contributed by atoms with van der Waals surface area (Å²) in [6.45, 7) is 5.17. The van der Waals surface area contributed by atoms with Gasteiger partial charge in [0.25, 0.3) is 0 Å². The summed E-state index contributed by atoms with van der Waals surface area (Å²) in [6.07, 6.45) is 0.946. The Morgan fingerprint density at radius 1 is 1.33 bits per heavy atom. The number of hydrogen-bond acceptors (Lipinski definition) is 7. The summed E-state index contributed by atoms with van der Waals surface area (Å²) >= 11 is 0. The molecule has 2 N–H and O–H groups in total. The van der Waals surface area contributed by atoms with E-state index in [0.29, 0.717) is 0 Å². The first-order chi connectivity index (χ1) is 11.2. The molecule has 0 saturated carbocycles. The third-order valence-corrected chi connectivity index (χ3v) is 2.85. The number of carbonyl (C=O) groups is 3. The van der Waals surface area contributed by atoms with Gasteiger partial charge in [0.05, 0.1) is 7.11 Å². The highest BCUT2D eigenvalue weighted by Crippen LogP contribution is 2.10. The maximum Gasteiger partial charge on any atom is 0.408 e. The molecule has 1 rings (SSSR count). The average molecular weight is 341 g/mol. The largest absolute Gasteiger partial charge is 0.464 e. The first-order valence-corrected chi connectivity index (χ1v) is 7.40. The van der Waals surface area contributed by atoms with E-state index in [1.807, 2.05) is 0 Å². The number of esters is 1. The van der Waals surface area contributed by atoms with Gasteiger partial charge in [0, 0.05) is 13.5 Å². The zero-order valence-electron chi connectivity index (χ0n) is 14.5. The van der Waals surface area contributed by atoms with E-state index in [-0.39, 0.29) is 30.3 Å². The van der Waals surface area contributed by atoms with Crippen molar-refractivity contribution in [2.45, 2.75) is 45.3 Å². The van der Waals surface area contributed by atoms with Crippen LogP contribution in [0.5, 0.6) is 0 Å². The van der Waals surface area contributed by atoms with E-state index in [1.165, 1.54) is 20.4 Å². The Balaban J connectivity index is 2.66. The number of ether oxygens (including phenoxy) is 2. The Labute approximate surface area is 140 Å². The van der Waals surface area contributed by atoms with Gasteiger partial charge in [0.1, 0.15) is 17.9 Å². The van der Waals surface area contributed by atoms with E-state index in [9.17, 15) is 14.4 Å². The quantitative estimate of drug-likeness (QED) is 0.742. The van der Waals surface area contributed by atoms with Gasteiger partial charge in [0.15, 0.2) is 11.6 Å². The summed E-state index contributed by atoms with van der Waals surface area (Å²) in [7, 11) is 2.70. The molecule has 2 amide bonds. The van der Waals surface area contributed by atoms with E-state index in [1.54, 1.807) is 20.8 Å². The fourth-order valence-electron chi connectivity index (χ4n) is 1.78. The number of nitrogens with one attached hydrogen (secondary N) is 2. The maximum absolute atomic E-state index is 11.9. The minimum Gasteiger partial charge on any atom is -0.464 e. The summed E-state index contributed by atoms with van der Waals surface area (Å²) in [4.78, 5) is 39.0. The first-order valence-electron chi connectivity index (χ1n) is 7.40. The van der Waals surface area contributed by atoms with Gasteiger partial charge in [-0.15, -0.1) is 0 Å². The normalized spacial score (nSPS) is 12.2. The Bertz CT molecular complexity index is 590. The minimum atomic E-state index is -0.821. The highest BCUT2D eigenvalue weighted by Gasteiger charge is 2.24. The smallest absolute Gasteiger partial charge is 0.408 e. The molecular formula is C15H23N3O6. The fraction of sp³-hybridized carbons (Fsp3) is 0.600. The van der Waals surface area contributed by atoms with Gasteiger partial charge in [-0.1, -0.05) is 0 Å². The Morgan fingerprint density at radius 3 is 2.54 bits per heavy atom. The van der Waals surface area contributed by atoms with Crippen LogP contribution in [0.4, 0.5) is 4.79 Å². The van der Waals surface area contributed by atoms with Crippen LogP contribution in [-0.4, -0.2) is 48.8 Å². The molecule has 0 fully saturated rings. The molecule has 1 atom stereocenters. The van der Waals surface area contributed by atoms with Crippen LogP contribution < -0.4 is 10.6 Å². The molecule has 0 aliphatic rings. The van der Waals surface area contributed by atoms with Crippen LogP contribution in [0.25, 0.3) is 0 Å². The van der Waals surface area contributed by atoms with E-state index in [0.717, 1.165) is 0 Å². The van der Waals surface area contributed by atoms with E-state index < -0.39 is 23.7 Å². The summed E-state index contributed by atoms with van der Waals surface area (Å²) in [6, 6.07) is -0.821. The highest BCUT2D eigenvalue weighted by atomic mass is 16.6. The van der Waals surface area contributed by atoms with Crippen molar-refractivity contribution in [3.63, 3.8) is 0 Å². The number of nitrogens with zero attached hydrogens (tertiary/aromatic N) is 1. The van der Waals surface area contributed by atoms with Crippen LogP contribution >= 0.6 is 0 Å². The maximum atomic E-state index is 11.9. The molecule has 9 nitrogen and oxygen atoms in total. The Hall–Kier alpha value is -2.58. The van der Waals surface area contributed by atoms with Crippen molar-refractivity contribution >= 4 is 18.0 Å². The van der Waals surface area contributed by atoms with Crippen molar-refractivity contribution in [2.75, 3.05) is 14.2 Å². The number of likely N-dealkylation sites (N-methyl/N-ethyl adjacent to an activating group) is 1. The molecule has 0 unspecified atom stereocenters. The summed E-state index contributed by atoms with van der Waals surface area (Å²) in [5, 5.41) is 4.97. The van der Waals surface area contributed by atoms with Crippen LogP contribution in [0, 0.1) is 0 Å². The predicted octanol–water partition coefficient (Wildman–Crippen LogP) is 1.03. The zero-order valence-corrected chi connectivity index (χ0v) is 14.5. The molecule has 0 aromatic carbocycles. The van der Waals surface area contributed by atoms with Crippen LogP contribution in [0.2, 0.25) is 0 Å². The number of oxazole rings is 1. The standard InChI is InChI=1S/C15H23N3O6/c1-15(2,3)24-14(21)18-9(12(19)16-4)6-7-11-17-10(8-23-11)13(20)22-5/h8-9H,6-7H2,1-5H3,(H,16,19)(H,18,21)/t9-/m1/s1. The second-order valence-electron chi connectivity index (χ2n) is 5.97. The molecule has 0 radical (unpaired) electrons. The molecule has 24 heavy (non-hydrogen) atoms. The lowest BCUT2D eigenvalue weighted by Gasteiger charge is -2.22. The number of aromatic nitrogens is 1. The van der Waals surface area contributed by atoms with Crippen LogP contribution in [0.3, 0.4) is 0 Å². The van der Waals surface area contributed by atoms with Gasteiger partial charge >= 0.3 is 12.1 Å². The highest BCUT2D eigenvalue weighted by molar-refractivity contribution is 5.86. The van der Waals surface area contributed by atoms with Gasteiger partial charge in [-0.3, -0.25) is 4.79 Å². The molecule has 134 valence electrons.